The standard InChI is InChI=1S/C23H23FN6O3S/c1-15-4-10-19(11-5-15)34(32,33)29-12-2-3-17(14-29)21-25-22-20(23(31)26-21)27-28-30(22)13-16-6-8-18(24)9-7-16/h4-11,17H,2-3,12-14H2,1H3,(H,25,26,31)/t17-/m0/s1. The van der Waals surface area contributed by atoms with Crippen LogP contribution >= 0.6 is 0 Å². The molecule has 0 radical (unpaired) electrons. The number of benzene rings is 2. The van der Waals surface area contributed by atoms with E-state index in [0.29, 0.717) is 30.9 Å². The number of sulfonamides is 1. The summed E-state index contributed by atoms with van der Waals surface area (Å²) in [4.78, 5) is 20.3. The summed E-state index contributed by atoms with van der Waals surface area (Å²) in [6, 6.07) is 12.7. The van der Waals surface area contributed by atoms with Gasteiger partial charge in [-0.3, -0.25) is 4.79 Å². The van der Waals surface area contributed by atoms with Crippen LogP contribution in [-0.4, -0.2) is 50.8 Å². The molecule has 0 saturated carbocycles. The first-order valence-corrected chi connectivity index (χ1v) is 12.4. The Labute approximate surface area is 195 Å². The first kappa shape index (κ1) is 22.4. The highest BCUT2D eigenvalue weighted by Crippen LogP contribution is 2.29. The van der Waals surface area contributed by atoms with E-state index in [-0.39, 0.29) is 35.2 Å². The lowest BCUT2D eigenvalue weighted by Crippen LogP contribution is -2.39. The maximum atomic E-state index is 13.2. The average molecular weight is 483 g/mol. The molecule has 0 spiro atoms. The van der Waals surface area contributed by atoms with Crippen LogP contribution < -0.4 is 5.56 Å². The molecule has 0 unspecified atom stereocenters. The van der Waals surface area contributed by atoms with Crippen molar-refractivity contribution in [3.05, 3.63) is 81.7 Å². The minimum Gasteiger partial charge on any atom is -0.308 e. The topological polar surface area (TPSA) is 114 Å². The van der Waals surface area contributed by atoms with E-state index in [2.05, 4.69) is 20.3 Å². The molecule has 11 heteroatoms. The Morgan fingerprint density at radius 1 is 1.12 bits per heavy atom. The van der Waals surface area contributed by atoms with Crippen molar-refractivity contribution >= 4 is 21.2 Å². The third kappa shape index (κ3) is 4.24. The van der Waals surface area contributed by atoms with Gasteiger partial charge in [0.25, 0.3) is 5.56 Å². The Bertz CT molecular complexity index is 1500. The minimum atomic E-state index is -3.66. The molecule has 5 rings (SSSR count). The Balaban J connectivity index is 1.44. The van der Waals surface area contributed by atoms with E-state index in [4.69, 9.17) is 0 Å². The van der Waals surface area contributed by atoms with Crippen LogP contribution in [0.5, 0.6) is 0 Å². The molecule has 176 valence electrons. The lowest BCUT2D eigenvalue weighted by atomic mass is 9.99. The predicted octanol–water partition coefficient (Wildman–Crippen LogP) is 2.58. The summed E-state index contributed by atoms with van der Waals surface area (Å²) in [5.41, 5.74) is 1.75. The molecule has 0 aliphatic carbocycles. The molecular formula is C23H23FN6O3S. The van der Waals surface area contributed by atoms with Crippen LogP contribution in [0.1, 0.15) is 35.7 Å². The molecule has 2 aromatic heterocycles. The molecule has 0 amide bonds. The summed E-state index contributed by atoms with van der Waals surface area (Å²) in [5, 5.41) is 7.99. The molecule has 1 N–H and O–H groups in total. The molecule has 1 aliphatic heterocycles. The average Bonchev–Trinajstić information content (AvgIpc) is 3.24. The number of fused-ring (bicyclic) bond motifs is 1. The lowest BCUT2D eigenvalue weighted by Gasteiger charge is -2.31. The van der Waals surface area contributed by atoms with E-state index < -0.39 is 15.6 Å². The number of H-pyrrole nitrogens is 1. The quantitative estimate of drug-likeness (QED) is 0.468. The van der Waals surface area contributed by atoms with Crippen molar-refractivity contribution in [1.82, 2.24) is 29.3 Å². The molecule has 1 saturated heterocycles. The summed E-state index contributed by atoms with van der Waals surface area (Å²) >= 11 is 0. The lowest BCUT2D eigenvalue weighted by molar-refractivity contribution is 0.309. The van der Waals surface area contributed by atoms with Gasteiger partial charge >= 0.3 is 0 Å². The van der Waals surface area contributed by atoms with Crippen LogP contribution in [-0.2, 0) is 16.6 Å². The second-order valence-corrected chi connectivity index (χ2v) is 10.5. The number of piperidine rings is 1. The molecule has 1 fully saturated rings. The van der Waals surface area contributed by atoms with Gasteiger partial charge in [-0.1, -0.05) is 35.0 Å². The van der Waals surface area contributed by atoms with E-state index in [9.17, 15) is 17.6 Å². The van der Waals surface area contributed by atoms with Crippen molar-refractivity contribution in [2.24, 2.45) is 0 Å². The summed E-state index contributed by atoms with van der Waals surface area (Å²) in [6.07, 6.45) is 1.33. The highest BCUT2D eigenvalue weighted by Gasteiger charge is 2.32. The normalized spacial score (nSPS) is 17.3. The molecule has 9 nitrogen and oxygen atoms in total. The van der Waals surface area contributed by atoms with Crippen LogP contribution in [0.15, 0.2) is 58.2 Å². The van der Waals surface area contributed by atoms with Gasteiger partial charge in [0, 0.05) is 19.0 Å². The van der Waals surface area contributed by atoms with E-state index in [1.165, 1.54) is 21.1 Å². The van der Waals surface area contributed by atoms with Crippen LogP contribution in [0.25, 0.3) is 11.2 Å². The van der Waals surface area contributed by atoms with Crippen molar-refractivity contribution in [2.45, 2.75) is 37.1 Å². The van der Waals surface area contributed by atoms with Crippen molar-refractivity contribution in [3.8, 4) is 0 Å². The van der Waals surface area contributed by atoms with E-state index in [1.807, 2.05) is 6.92 Å². The fraction of sp³-hybridized carbons (Fsp3) is 0.304. The first-order chi connectivity index (χ1) is 16.3. The van der Waals surface area contributed by atoms with Crippen molar-refractivity contribution in [1.29, 1.82) is 0 Å². The van der Waals surface area contributed by atoms with Crippen molar-refractivity contribution in [3.63, 3.8) is 0 Å². The molecular weight excluding hydrogens is 459 g/mol. The predicted molar refractivity (Wildman–Crippen MR) is 123 cm³/mol. The molecule has 2 aromatic carbocycles. The molecule has 34 heavy (non-hydrogen) atoms. The minimum absolute atomic E-state index is 0.103. The van der Waals surface area contributed by atoms with E-state index in [0.717, 1.165) is 11.1 Å². The van der Waals surface area contributed by atoms with Gasteiger partial charge in [-0.15, -0.1) is 5.10 Å². The van der Waals surface area contributed by atoms with Gasteiger partial charge < -0.3 is 4.98 Å². The number of nitrogens with one attached hydrogen (secondary N) is 1. The highest BCUT2D eigenvalue weighted by atomic mass is 32.2. The first-order valence-electron chi connectivity index (χ1n) is 11.0. The summed E-state index contributed by atoms with van der Waals surface area (Å²) in [7, 11) is -3.66. The fourth-order valence-corrected chi connectivity index (χ4v) is 5.71. The number of halogens is 1. The van der Waals surface area contributed by atoms with Crippen LogP contribution in [0.4, 0.5) is 4.39 Å². The number of hydrogen-bond acceptors (Lipinski definition) is 6. The zero-order valence-electron chi connectivity index (χ0n) is 18.5. The largest absolute Gasteiger partial charge is 0.308 e. The number of aryl methyl sites for hydroxylation is 1. The van der Waals surface area contributed by atoms with Crippen molar-refractivity contribution < 1.29 is 12.8 Å². The zero-order valence-corrected chi connectivity index (χ0v) is 19.3. The maximum Gasteiger partial charge on any atom is 0.281 e. The molecule has 4 aromatic rings. The summed E-state index contributed by atoms with van der Waals surface area (Å²) < 4.78 is 42.5. The third-order valence-electron chi connectivity index (χ3n) is 6.07. The molecule has 0 bridgehead atoms. The Hall–Kier alpha value is -3.44. The van der Waals surface area contributed by atoms with Gasteiger partial charge in [-0.05, 0) is 49.6 Å². The second kappa shape index (κ2) is 8.73. The molecule has 1 atom stereocenters. The van der Waals surface area contributed by atoms with Crippen molar-refractivity contribution in [2.75, 3.05) is 13.1 Å². The van der Waals surface area contributed by atoms with Gasteiger partial charge in [-0.25, -0.2) is 22.5 Å². The fourth-order valence-electron chi connectivity index (χ4n) is 4.19. The maximum absolute atomic E-state index is 13.2. The third-order valence-corrected chi connectivity index (χ3v) is 7.95. The Morgan fingerprint density at radius 3 is 2.59 bits per heavy atom. The van der Waals surface area contributed by atoms with Gasteiger partial charge in [0.15, 0.2) is 11.2 Å². The van der Waals surface area contributed by atoms with Crippen LogP contribution in [0.3, 0.4) is 0 Å². The van der Waals surface area contributed by atoms with Gasteiger partial charge in [0.05, 0.1) is 11.4 Å². The number of aromatic nitrogens is 5. The monoisotopic (exact) mass is 482 g/mol. The zero-order chi connectivity index (χ0) is 23.9. The summed E-state index contributed by atoms with van der Waals surface area (Å²) in [6.45, 7) is 2.79. The van der Waals surface area contributed by atoms with E-state index in [1.54, 1.807) is 36.4 Å². The Morgan fingerprint density at radius 2 is 1.85 bits per heavy atom. The Kier molecular flexibility index (Phi) is 5.74. The van der Waals surface area contributed by atoms with Gasteiger partial charge in [0.1, 0.15) is 11.6 Å². The number of nitrogens with zero attached hydrogens (tertiary/aromatic N) is 5. The highest BCUT2D eigenvalue weighted by molar-refractivity contribution is 7.89. The van der Waals surface area contributed by atoms with Gasteiger partial charge in [0.2, 0.25) is 10.0 Å². The van der Waals surface area contributed by atoms with Gasteiger partial charge in [-0.2, -0.15) is 4.31 Å². The number of rotatable bonds is 5. The van der Waals surface area contributed by atoms with Crippen LogP contribution in [0, 0.1) is 12.7 Å². The SMILES string of the molecule is Cc1ccc(S(=O)(=O)N2CCC[C@H](c3nc4c(nnn4Cc4ccc(F)cc4)c(=O)[nH]3)C2)cc1. The van der Waals surface area contributed by atoms with Crippen LogP contribution in [0.2, 0.25) is 0 Å². The molecule has 1 aliphatic rings. The number of hydrogen-bond donors (Lipinski definition) is 1. The smallest absolute Gasteiger partial charge is 0.281 e. The van der Waals surface area contributed by atoms with E-state index >= 15 is 0 Å². The number of aromatic amines is 1. The summed E-state index contributed by atoms with van der Waals surface area (Å²) in [5.74, 6) is -0.212. The second-order valence-electron chi connectivity index (χ2n) is 8.51. The molecule has 3 heterocycles.